The summed E-state index contributed by atoms with van der Waals surface area (Å²) in [5, 5.41) is 0. The van der Waals surface area contributed by atoms with E-state index in [1.54, 1.807) is 17.2 Å². The molecule has 0 atom stereocenters. The van der Waals surface area contributed by atoms with Crippen LogP contribution >= 0.6 is 0 Å². The molecule has 0 saturated carbocycles. The van der Waals surface area contributed by atoms with Crippen LogP contribution in [0.25, 0.3) is 0 Å². The molecule has 0 bridgehead atoms. The highest BCUT2D eigenvalue weighted by Crippen LogP contribution is 2.31. The molecular weight excluding hydrogens is 336 g/mol. The number of piperazine rings is 1. The van der Waals surface area contributed by atoms with Crippen molar-refractivity contribution in [3.63, 3.8) is 0 Å². The Bertz CT molecular complexity index is 642. The average Bonchev–Trinajstić information content (AvgIpc) is 3.16. The monoisotopic (exact) mass is 360 g/mol. The lowest BCUT2D eigenvalue weighted by Crippen LogP contribution is -2.47. The summed E-state index contributed by atoms with van der Waals surface area (Å²) in [7, 11) is 0. The molecule has 0 aliphatic carbocycles. The number of carbonyl (C=O) groups excluding carboxylic acids is 2. The third kappa shape index (κ3) is 3.39. The van der Waals surface area contributed by atoms with Crippen LogP contribution in [-0.2, 0) is 14.3 Å². The Morgan fingerprint density at radius 1 is 1.04 bits per heavy atom. The van der Waals surface area contributed by atoms with Gasteiger partial charge < -0.3 is 24.2 Å². The van der Waals surface area contributed by atoms with Crippen LogP contribution < -0.4 is 4.90 Å². The number of nitrogens with zero attached hydrogens (tertiary/aromatic N) is 4. The Hall–Kier alpha value is -2.19. The summed E-state index contributed by atoms with van der Waals surface area (Å²) in [6, 6.07) is 3.72. The number of amides is 2. The first-order valence-electron chi connectivity index (χ1n) is 9.17. The molecule has 0 radical (unpaired) electrons. The Kier molecular flexibility index (Phi) is 4.78. The van der Waals surface area contributed by atoms with Crippen molar-refractivity contribution >= 4 is 18.0 Å². The Balaban J connectivity index is 1.35. The van der Waals surface area contributed by atoms with Gasteiger partial charge in [0.25, 0.3) is 5.91 Å². The summed E-state index contributed by atoms with van der Waals surface area (Å²) >= 11 is 0. The van der Waals surface area contributed by atoms with E-state index in [1.807, 2.05) is 11.0 Å². The van der Waals surface area contributed by atoms with Crippen molar-refractivity contribution in [3.8, 4) is 0 Å². The Labute approximate surface area is 152 Å². The number of hydrogen-bond acceptors (Lipinski definition) is 6. The fraction of sp³-hybridized carbons (Fsp3) is 0.611. The molecule has 1 aromatic rings. The zero-order chi connectivity index (χ0) is 18.0. The lowest BCUT2D eigenvalue weighted by Gasteiger charge is -2.37. The predicted octanol–water partition coefficient (Wildman–Crippen LogP) is 0.339. The molecule has 8 heteroatoms. The second kappa shape index (κ2) is 7.20. The molecule has 3 fully saturated rings. The summed E-state index contributed by atoms with van der Waals surface area (Å²) < 4.78 is 11.4. The molecule has 3 saturated heterocycles. The molecule has 0 N–H and O–H groups in total. The number of aromatic nitrogens is 1. The highest BCUT2D eigenvalue weighted by atomic mass is 16.7. The quantitative estimate of drug-likeness (QED) is 0.724. The van der Waals surface area contributed by atoms with E-state index in [4.69, 9.17) is 9.47 Å². The predicted molar refractivity (Wildman–Crippen MR) is 93.9 cm³/mol. The summed E-state index contributed by atoms with van der Waals surface area (Å²) in [6.07, 6.45) is 4.05. The smallest absolute Gasteiger partial charge is 0.272 e. The van der Waals surface area contributed by atoms with E-state index in [2.05, 4.69) is 9.88 Å². The second-order valence-electron chi connectivity index (χ2n) is 6.93. The SMILES string of the molecule is O=CN1CCN(c2ccc(C(=O)N3CCC4(CC3)OCCO4)nc2)CC1. The lowest BCUT2D eigenvalue weighted by atomic mass is 10.0. The van der Waals surface area contributed by atoms with Gasteiger partial charge in [0, 0.05) is 52.1 Å². The van der Waals surface area contributed by atoms with E-state index in [1.165, 1.54) is 0 Å². The van der Waals surface area contributed by atoms with Crippen molar-refractivity contribution in [1.29, 1.82) is 0 Å². The van der Waals surface area contributed by atoms with Crippen molar-refractivity contribution in [3.05, 3.63) is 24.0 Å². The van der Waals surface area contributed by atoms with Crippen molar-refractivity contribution in [2.45, 2.75) is 18.6 Å². The average molecular weight is 360 g/mol. The molecule has 4 rings (SSSR count). The van der Waals surface area contributed by atoms with Crippen LogP contribution in [0.5, 0.6) is 0 Å². The summed E-state index contributed by atoms with van der Waals surface area (Å²) in [4.78, 5) is 33.6. The highest BCUT2D eigenvalue weighted by molar-refractivity contribution is 5.92. The molecule has 4 heterocycles. The minimum absolute atomic E-state index is 0.0461. The maximum absolute atomic E-state index is 12.7. The first-order valence-corrected chi connectivity index (χ1v) is 9.17. The van der Waals surface area contributed by atoms with Crippen LogP contribution in [0.15, 0.2) is 18.3 Å². The maximum Gasteiger partial charge on any atom is 0.272 e. The number of anilines is 1. The number of pyridine rings is 1. The molecule has 3 aliphatic heterocycles. The van der Waals surface area contributed by atoms with Crippen LogP contribution in [0.2, 0.25) is 0 Å². The molecule has 1 aromatic heterocycles. The van der Waals surface area contributed by atoms with Crippen LogP contribution in [-0.4, -0.2) is 85.4 Å². The van der Waals surface area contributed by atoms with Gasteiger partial charge in [-0.15, -0.1) is 0 Å². The Morgan fingerprint density at radius 2 is 1.73 bits per heavy atom. The van der Waals surface area contributed by atoms with Gasteiger partial charge in [-0.1, -0.05) is 0 Å². The fourth-order valence-corrected chi connectivity index (χ4v) is 3.78. The van der Waals surface area contributed by atoms with Gasteiger partial charge in [0.05, 0.1) is 25.1 Å². The normalized spacial score (nSPS) is 22.7. The van der Waals surface area contributed by atoms with Gasteiger partial charge in [-0.3, -0.25) is 9.59 Å². The van der Waals surface area contributed by atoms with E-state index >= 15 is 0 Å². The molecule has 1 spiro atoms. The number of carbonyl (C=O) groups is 2. The minimum Gasteiger partial charge on any atom is -0.367 e. The molecule has 140 valence electrons. The molecule has 8 nitrogen and oxygen atoms in total. The third-order valence-corrected chi connectivity index (χ3v) is 5.42. The van der Waals surface area contributed by atoms with Crippen molar-refractivity contribution < 1.29 is 19.1 Å². The topological polar surface area (TPSA) is 75.2 Å². The zero-order valence-corrected chi connectivity index (χ0v) is 14.8. The van der Waals surface area contributed by atoms with E-state index < -0.39 is 5.79 Å². The van der Waals surface area contributed by atoms with Crippen LogP contribution in [0, 0.1) is 0 Å². The third-order valence-electron chi connectivity index (χ3n) is 5.42. The molecule has 26 heavy (non-hydrogen) atoms. The molecule has 0 unspecified atom stereocenters. The number of hydrogen-bond donors (Lipinski definition) is 0. The molecule has 3 aliphatic rings. The summed E-state index contributed by atoms with van der Waals surface area (Å²) in [6.45, 7) is 5.50. The van der Waals surface area contributed by atoms with Crippen LogP contribution in [0.1, 0.15) is 23.3 Å². The zero-order valence-electron chi connectivity index (χ0n) is 14.8. The van der Waals surface area contributed by atoms with Crippen LogP contribution in [0.4, 0.5) is 5.69 Å². The van der Waals surface area contributed by atoms with Gasteiger partial charge in [-0.05, 0) is 12.1 Å². The molecule has 0 aromatic carbocycles. The summed E-state index contributed by atoms with van der Waals surface area (Å²) in [5.41, 5.74) is 1.45. The van der Waals surface area contributed by atoms with Gasteiger partial charge in [0.1, 0.15) is 5.69 Å². The standard InChI is InChI=1S/C18H24N4O4/c23-14-20-7-9-21(10-8-20)15-1-2-16(19-13-15)17(24)22-5-3-18(4-6-22)25-11-12-26-18/h1-2,13-14H,3-12H2. The van der Waals surface area contributed by atoms with Gasteiger partial charge in [0.2, 0.25) is 6.41 Å². The largest absolute Gasteiger partial charge is 0.367 e. The minimum atomic E-state index is -0.474. The first kappa shape index (κ1) is 17.2. The fourth-order valence-electron chi connectivity index (χ4n) is 3.78. The number of rotatable bonds is 3. The van der Waals surface area contributed by atoms with Gasteiger partial charge in [-0.25, -0.2) is 4.98 Å². The Morgan fingerprint density at radius 3 is 2.31 bits per heavy atom. The van der Waals surface area contributed by atoms with E-state index in [0.29, 0.717) is 57.9 Å². The van der Waals surface area contributed by atoms with Crippen molar-refractivity contribution in [2.75, 3.05) is 57.4 Å². The lowest BCUT2D eigenvalue weighted by molar-refractivity contribution is -0.181. The van der Waals surface area contributed by atoms with Gasteiger partial charge in [-0.2, -0.15) is 0 Å². The van der Waals surface area contributed by atoms with Crippen LogP contribution in [0.3, 0.4) is 0 Å². The number of piperidine rings is 1. The van der Waals surface area contributed by atoms with Crippen molar-refractivity contribution in [1.82, 2.24) is 14.8 Å². The molecular formula is C18H24N4O4. The maximum atomic E-state index is 12.7. The first-order chi connectivity index (χ1) is 12.7. The van der Waals surface area contributed by atoms with Gasteiger partial charge >= 0.3 is 0 Å². The highest BCUT2D eigenvalue weighted by Gasteiger charge is 2.41. The van der Waals surface area contributed by atoms with Gasteiger partial charge in [0.15, 0.2) is 5.79 Å². The number of ether oxygens (including phenoxy) is 2. The van der Waals surface area contributed by atoms with E-state index in [0.717, 1.165) is 25.2 Å². The van der Waals surface area contributed by atoms with Crippen molar-refractivity contribution in [2.24, 2.45) is 0 Å². The second-order valence-corrected chi connectivity index (χ2v) is 6.93. The summed E-state index contributed by atoms with van der Waals surface area (Å²) in [5.74, 6) is -0.521. The molecule has 2 amide bonds. The number of likely N-dealkylation sites (tertiary alicyclic amines) is 1. The van der Waals surface area contributed by atoms with E-state index in [9.17, 15) is 9.59 Å². The van der Waals surface area contributed by atoms with E-state index in [-0.39, 0.29) is 5.91 Å².